The largest absolute Gasteiger partial charge is 0.302 e. The smallest absolute Gasteiger partial charge is 0.163 e. The molecule has 2 rings (SSSR count). The van der Waals surface area contributed by atoms with Gasteiger partial charge in [0.1, 0.15) is 0 Å². The average molecular weight is 297 g/mol. The lowest BCUT2D eigenvalue weighted by Gasteiger charge is -2.49. The van der Waals surface area contributed by atoms with E-state index in [9.17, 15) is 8.78 Å². The maximum absolute atomic E-state index is 14.2. The molecule has 0 radical (unpaired) electrons. The van der Waals surface area contributed by atoms with Gasteiger partial charge in [0, 0.05) is 11.1 Å². The Bertz CT molecular complexity index is 482. The van der Waals surface area contributed by atoms with Crippen LogP contribution in [0.3, 0.4) is 0 Å². The van der Waals surface area contributed by atoms with Gasteiger partial charge in [0.15, 0.2) is 11.6 Å². The summed E-state index contributed by atoms with van der Waals surface area (Å²) in [6.07, 6.45) is 3.94. The van der Waals surface area contributed by atoms with Gasteiger partial charge in [-0.05, 0) is 51.8 Å². The molecule has 5 heteroatoms. The monoisotopic (exact) mass is 297 g/mol. The van der Waals surface area contributed by atoms with E-state index in [0.29, 0.717) is 11.5 Å². The van der Waals surface area contributed by atoms with Gasteiger partial charge in [-0.15, -0.1) is 0 Å². The zero-order valence-electron chi connectivity index (χ0n) is 13.0. The van der Waals surface area contributed by atoms with Crippen LogP contribution in [-0.2, 0) is 0 Å². The molecule has 118 valence electrons. The number of likely N-dealkylation sites (N-methyl/N-ethyl adjacent to an activating group) is 1. The van der Waals surface area contributed by atoms with Crippen molar-refractivity contribution in [3.05, 3.63) is 35.4 Å². The van der Waals surface area contributed by atoms with Gasteiger partial charge in [0.25, 0.3) is 0 Å². The van der Waals surface area contributed by atoms with Gasteiger partial charge >= 0.3 is 0 Å². The summed E-state index contributed by atoms with van der Waals surface area (Å²) in [5.41, 5.74) is 2.76. The molecule has 1 atom stereocenters. The van der Waals surface area contributed by atoms with Crippen molar-refractivity contribution in [3.63, 3.8) is 0 Å². The Hall–Kier alpha value is -1.04. The number of rotatable bonds is 4. The molecule has 21 heavy (non-hydrogen) atoms. The van der Waals surface area contributed by atoms with Crippen LogP contribution in [0.2, 0.25) is 0 Å². The quantitative estimate of drug-likeness (QED) is 0.663. The van der Waals surface area contributed by atoms with E-state index >= 15 is 0 Å². The highest BCUT2D eigenvalue weighted by Gasteiger charge is 2.44. The first-order chi connectivity index (χ1) is 9.92. The number of nitrogens with zero attached hydrogens (tertiary/aromatic N) is 1. The van der Waals surface area contributed by atoms with Crippen molar-refractivity contribution in [3.8, 4) is 0 Å². The van der Waals surface area contributed by atoms with Gasteiger partial charge in [0.2, 0.25) is 0 Å². The fourth-order valence-corrected chi connectivity index (χ4v) is 3.53. The van der Waals surface area contributed by atoms with Crippen molar-refractivity contribution in [1.82, 2.24) is 10.3 Å². The Morgan fingerprint density at radius 2 is 1.90 bits per heavy atom. The molecule has 1 aromatic carbocycles. The normalized spacial score (nSPS) is 27.9. The molecule has 0 aliphatic heterocycles. The molecule has 1 saturated carbocycles. The van der Waals surface area contributed by atoms with Gasteiger partial charge in [-0.2, -0.15) is 0 Å². The molecule has 1 aliphatic rings. The van der Waals surface area contributed by atoms with Crippen LogP contribution in [0.4, 0.5) is 8.78 Å². The molecule has 0 aromatic heterocycles. The van der Waals surface area contributed by atoms with Gasteiger partial charge in [-0.1, -0.05) is 19.1 Å². The van der Waals surface area contributed by atoms with E-state index in [2.05, 4.69) is 17.2 Å². The molecule has 0 bridgehead atoms. The van der Waals surface area contributed by atoms with Gasteiger partial charge in [-0.3, -0.25) is 11.3 Å². The van der Waals surface area contributed by atoms with Gasteiger partial charge in [0.05, 0.1) is 6.04 Å². The van der Waals surface area contributed by atoms with E-state index in [-0.39, 0.29) is 5.54 Å². The van der Waals surface area contributed by atoms with Crippen LogP contribution >= 0.6 is 0 Å². The van der Waals surface area contributed by atoms with Crippen LogP contribution in [0.25, 0.3) is 0 Å². The second-order valence-corrected chi connectivity index (χ2v) is 6.42. The van der Waals surface area contributed by atoms with E-state index in [1.807, 2.05) is 14.1 Å². The second kappa shape index (κ2) is 6.38. The van der Waals surface area contributed by atoms with Crippen LogP contribution in [0, 0.1) is 17.6 Å². The Balaban J connectivity index is 2.43. The maximum atomic E-state index is 14.2. The number of hydrogen-bond acceptors (Lipinski definition) is 3. The Morgan fingerprint density at radius 1 is 1.29 bits per heavy atom. The third-order valence-corrected chi connectivity index (χ3v) is 5.03. The molecule has 1 aliphatic carbocycles. The third-order valence-electron chi connectivity index (χ3n) is 5.03. The predicted octanol–water partition coefficient (Wildman–Crippen LogP) is 2.98. The lowest BCUT2D eigenvalue weighted by atomic mass is 9.70. The first kappa shape index (κ1) is 16.3. The molecule has 1 unspecified atom stereocenters. The maximum Gasteiger partial charge on any atom is 0.163 e. The molecular formula is C16H25F2N3. The van der Waals surface area contributed by atoms with Crippen molar-refractivity contribution >= 4 is 0 Å². The lowest BCUT2D eigenvalue weighted by molar-refractivity contribution is 0.0414. The Labute approximate surface area is 125 Å². The molecule has 3 N–H and O–H groups in total. The summed E-state index contributed by atoms with van der Waals surface area (Å²) < 4.78 is 27.8. The lowest BCUT2D eigenvalue weighted by Crippen LogP contribution is -2.57. The third kappa shape index (κ3) is 2.96. The van der Waals surface area contributed by atoms with Crippen LogP contribution < -0.4 is 11.3 Å². The zero-order chi connectivity index (χ0) is 15.6. The molecule has 3 nitrogen and oxygen atoms in total. The van der Waals surface area contributed by atoms with Crippen molar-refractivity contribution in [2.45, 2.75) is 44.2 Å². The number of nitrogens with two attached hydrogens (primary N) is 1. The molecule has 0 spiro atoms. The van der Waals surface area contributed by atoms with E-state index < -0.39 is 17.7 Å². The summed E-state index contributed by atoms with van der Waals surface area (Å²) in [4.78, 5) is 2.10. The minimum atomic E-state index is -0.828. The fraction of sp³-hybridized carbons (Fsp3) is 0.625. The number of hydrazine groups is 1. The summed E-state index contributed by atoms with van der Waals surface area (Å²) in [5, 5.41) is 0. The van der Waals surface area contributed by atoms with Gasteiger partial charge in [-0.25, -0.2) is 8.78 Å². The van der Waals surface area contributed by atoms with Gasteiger partial charge < -0.3 is 4.90 Å². The minimum Gasteiger partial charge on any atom is -0.302 e. The second-order valence-electron chi connectivity index (χ2n) is 6.42. The average Bonchev–Trinajstić information content (AvgIpc) is 2.46. The van der Waals surface area contributed by atoms with Crippen LogP contribution in [-0.4, -0.2) is 24.5 Å². The summed E-state index contributed by atoms with van der Waals surface area (Å²) in [6.45, 7) is 2.23. The first-order valence-electron chi connectivity index (χ1n) is 7.50. The summed E-state index contributed by atoms with van der Waals surface area (Å²) in [7, 11) is 3.97. The SMILES string of the molecule is CC1CCC(C(NN)c2cccc(F)c2F)(N(C)C)CC1. The van der Waals surface area contributed by atoms with E-state index in [0.717, 1.165) is 31.7 Å². The molecule has 1 aromatic rings. The minimum absolute atomic E-state index is 0.296. The number of benzene rings is 1. The fourth-order valence-electron chi connectivity index (χ4n) is 3.53. The molecule has 1 fully saturated rings. The standard InChI is InChI=1S/C16H25F2N3/c1-11-7-9-16(10-8-11,21(2)3)15(20-19)12-5-4-6-13(17)14(12)18/h4-6,11,15,20H,7-10,19H2,1-3H3. The number of nitrogens with one attached hydrogen (secondary N) is 1. The number of halogens is 2. The first-order valence-corrected chi connectivity index (χ1v) is 7.50. The van der Waals surface area contributed by atoms with E-state index in [1.54, 1.807) is 6.07 Å². The van der Waals surface area contributed by atoms with Crippen LogP contribution in [0.1, 0.15) is 44.2 Å². The summed E-state index contributed by atoms with van der Waals surface area (Å²) in [6, 6.07) is 3.85. The Morgan fingerprint density at radius 3 is 2.43 bits per heavy atom. The van der Waals surface area contributed by atoms with E-state index in [1.165, 1.54) is 6.07 Å². The highest BCUT2D eigenvalue weighted by molar-refractivity contribution is 5.26. The predicted molar refractivity (Wildman–Crippen MR) is 80.5 cm³/mol. The number of hydrogen-bond donors (Lipinski definition) is 2. The van der Waals surface area contributed by atoms with Crippen molar-refractivity contribution < 1.29 is 8.78 Å². The summed E-state index contributed by atoms with van der Waals surface area (Å²) >= 11 is 0. The van der Waals surface area contributed by atoms with Crippen molar-refractivity contribution in [2.24, 2.45) is 11.8 Å². The molecule has 0 heterocycles. The van der Waals surface area contributed by atoms with Crippen LogP contribution in [0.15, 0.2) is 18.2 Å². The molecular weight excluding hydrogens is 272 g/mol. The summed E-state index contributed by atoms with van der Waals surface area (Å²) in [5.74, 6) is 4.77. The molecule has 0 amide bonds. The zero-order valence-corrected chi connectivity index (χ0v) is 13.0. The topological polar surface area (TPSA) is 41.3 Å². The molecule has 0 saturated heterocycles. The van der Waals surface area contributed by atoms with Crippen molar-refractivity contribution in [1.29, 1.82) is 0 Å². The highest BCUT2D eigenvalue weighted by Crippen LogP contribution is 2.44. The van der Waals surface area contributed by atoms with Crippen molar-refractivity contribution in [2.75, 3.05) is 14.1 Å². The van der Waals surface area contributed by atoms with Crippen LogP contribution in [0.5, 0.6) is 0 Å². The van der Waals surface area contributed by atoms with E-state index in [4.69, 9.17) is 5.84 Å². The highest BCUT2D eigenvalue weighted by atomic mass is 19.2. The Kier molecular flexibility index (Phi) is 4.96.